The van der Waals surface area contributed by atoms with Crippen LogP contribution < -0.4 is 9.64 Å². The molecule has 0 unspecified atom stereocenters. The Labute approximate surface area is 100 Å². The average Bonchev–Trinajstić information content (AvgIpc) is 2.25. The fourth-order valence-corrected chi connectivity index (χ4v) is 1.11. The van der Waals surface area contributed by atoms with Crippen LogP contribution in [0.4, 0.5) is 5.82 Å². The minimum Gasteiger partial charge on any atom is -0.476 e. The predicted octanol–water partition coefficient (Wildman–Crippen LogP) is 1.28. The third-order valence-corrected chi connectivity index (χ3v) is 1.92. The number of hydrogen-bond acceptors (Lipinski definition) is 5. The molecule has 0 aliphatic heterocycles. The highest BCUT2D eigenvalue weighted by Gasteiger charge is 2.14. The lowest BCUT2D eigenvalue weighted by atomic mass is 10.2. The van der Waals surface area contributed by atoms with Crippen molar-refractivity contribution in [1.82, 2.24) is 9.97 Å². The molecule has 0 radical (unpaired) electrons. The van der Waals surface area contributed by atoms with Gasteiger partial charge in [-0.2, -0.15) is 0 Å². The smallest absolute Gasteiger partial charge is 0.356 e. The van der Waals surface area contributed by atoms with E-state index in [0.29, 0.717) is 24.2 Å². The lowest BCUT2D eigenvalue weighted by Crippen LogP contribution is -2.17. The first-order chi connectivity index (χ1) is 7.91. The number of aromatic carboxylic acids is 1. The summed E-state index contributed by atoms with van der Waals surface area (Å²) in [5, 5.41) is 8.84. The normalized spacial score (nSPS) is 10.4. The summed E-state index contributed by atoms with van der Waals surface area (Å²) in [5.41, 5.74) is -0.0920. The third-order valence-electron chi connectivity index (χ3n) is 1.92. The molecule has 17 heavy (non-hydrogen) atoms. The minimum absolute atomic E-state index is 0.0920. The first-order valence-corrected chi connectivity index (χ1v) is 5.32. The van der Waals surface area contributed by atoms with Crippen LogP contribution >= 0.6 is 0 Å². The number of nitrogens with zero attached hydrogens (tertiary/aromatic N) is 3. The van der Waals surface area contributed by atoms with Crippen LogP contribution in [0, 0.1) is 5.92 Å². The van der Waals surface area contributed by atoms with Crippen LogP contribution in [0.3, 0.4) is 0 Å². The molecule has 0 amide bonds. The molecule has 0 bridgehead atoms. The first-order valence-electron chi connectivity index (χ1n) is 5.32. The molecule has 1 heterocycles. The van der Waals surface area contributed by atoms with Gasteiger partial charge in [0.05, 0.1) is 12.8 Å². The van der Waals surface area contributed by atoms with E-state index in [4.69, 9.17) is 9.84 Å². The standard InChI is InChI=1S/C11H17N3O3/c1-7(2)6-17-10-9(14(3)4)13-8(5-12-10)11(15)16/h5,7H,6H2,1-4H3,(H,15,16). The van der Waals surface area contributed by atoms with Crippen molar-refractivity contribution in [3.8, 4) is 5.88 Å². The Morgan fingerprint density at radius 2 is 2.18 bits per heavy atom. The Morgan fingerprint density at radius 3 is 2.65 bits per heavy atom. The van der Waals surface area contributed by atoms with Crippen molar-refractivity contribution in [2.45, 2.75) is 13.8 Å². The number of anilines is 1. The summed E-state index contributed by atoms with van der Waals surface area (Å²) in [4.78, 5) is 20.4. The molecule has 6 nitrogen and oxygen atoms in total. The van der Waals surface area contributed by atoms with Gasteiger partial charge in [-0.05, 0) is 5.92 Å². The summed E-state index contributed by atoms with van der Waals surface area (Å²) in [6, 6.07) is 0. The van der Waals surface area contributed by atoms with Crippen molar-refractivity contribution in [2.24, 2.45) is 5.92 Å². The van der Waals surface area contributed by atoms with Crippen LogP contribution in [-0.2, 0) is 0 Å². The van der Waals surface area contributed by atoms with Crippen molar-refractivity contribution >= 4 is 11.8 Å². The Hall–Kier alpha value is -1.85. The Bertz CT molecular complexity index is 405. The molecule has 1 aromatic rings. The highest BCUT2D eigenvalue weighted by molar-refractivity contribution is 5.85. The zero-order valence-electron chi connectivity index (χ0n) is 10.5. The van der Waals surface area contributed by atoms with Gasteiger partial charge in [-0.3, -0.25) is 0 Å². The molecule has 0 aliphatic rings. The first kappa shape index (κ1) is 13.2. The molecular weight excluding hydrogens is 222 g/mol. The van der Waals surface area contributed by atoms with Gasteiger partial charge in [0.25, 0.3) is 5.88 Å². The number of carboxylic acid groups (broad SMARTS) is 1. The van der Waals surface area contributed by atoms with E-state index in [2.05, 4.69) is 9.97 Å². The van der Waals surface area contributed by atoms with Crippen molar-refractivity contribution in [3.05, 3.63) is 11.9 Å². The highest BCUT2D eigenvalue weighted by Crippen LogP contribution is 2.22. The van der Waals surface area contributed by atoms with E-state index in [1.54, 1.807) is 19.0 Å². The Morgan fingerprint density at radius 1 is 1.53 bits per heavy atom. The van der Waals surface area contributed by atoms with Crippen LogP contribution in [0.25, 0.3) is 0 Å². The average molecular weight is 239 g/mol. The van der Waals surface area contributed by atoms with E-state index in [1.165, 1.54) is 6.20 Å². The summed E-state index contributed by atoms with van der Waals surface area (Å²) in [5.74, 6) is 0.0428. The highest BCUT2D eigenvalue weighted by atomic mass is 16.5. The van der Waals surface area contributed by atoms with Gasteiger partial charge in [0.2, 0.25) is 0 Å². The van der Waals surface area contributed by atoms with Gasteiger partial charge in [-0.15, -0.1) is 0 Å². The number of carbonyl (C=O) groups is 1. The van der Waals surface area contributed by atoms with Crippen LogP contribution in [0.1, 0.15) is 24.3 Å². The molecule has 0 fully saturated rings. The van der Waals surface area contributed by atoms with Gasteiger partial charge >= 0.3 is 5.97 Å². The monoisotopic (exact) mass is 239 g/mol. The molecule has 94 valence electrons. The SMILES string of the molecule is CC(C)COc1ncc(C(=O)O)nc1N(C)C. The van der Waals surface area contributed by atoms with Gasteiger partial charge in [0.1, 0.15) is 0 Å². The van der Waals surface area contributed by atoms with Gasteiger partial charge in [-0.25, -0.2) is 14.8 Å². The van der Waals surface area contributed by atoms with Crippen molar-refractivity contribution in [2.75, 3.05) is 25.6 Å². The van der Waals surface area contributed by atoms with E-state index in [1.807, 2.05) is 13.8 Å². The zero-order chi connectivity index (χ0) is 13.0. The van der Waals surface area contributed by atoms with E-state index in [-0.39, 0.29) is 5.69 Å². The summed E-state index contributed by atoms with van der Waals surface area (Å²) in [6.07, 6.45) is 1.20. The molecule has 0 saturated carbocycles. The molecule has 6 heteroatoms. The van der Waals surface area contributed by atoms with E-state index < -0.39 is 5.97 Å². The lowest BCUT2D eigenvalue weighted by Gasteiger charge is -2.16. The Balaban J connectivity index is 3.00. The van der Waals surface area contributed by atoms with E-state index in [0.717, 1.165) is 0 Å². The van der Waals surface area contributed by atoms with Crippen molar-refractivity contribution in [3.63, 3.8) is 0 Å². The number of carboxylic acids is 1. The number of aromatic nitrogens is 2. The summed E-state index contributed by atoms with van der Waals surface area (Å²) in [6.45, 7) is 4.56. The molecule has 1 aromatic heterocycles. The maximum atomic E-state index is 10.8. The number of rotatable bonds is 5. The van der Waals surface area contributed by atoms with Crippen LogP contribution in [-0.4, -0.2) is 41.7 Å². The molecule has 0 spiro atoms. The molecule has 0 aromatic carbocycles. The fraction of sp³-hybridized carbons (Fsp3) is 0.545. The molecule has 1 N–H and O–H groups in total. The summed E-state index contributed by atoms with van der Waals surface area (Å²) in [7, 11) is 3.52. The second-order valence-corrected chi connectivity index (χ2v) is 4.29. The van der Waals surface area contributed by atoms with Crippen molar-refractivity contribution in [1.29, 1.82) is 0 Å². The maximum Gasteiger partial charge on any atom is 0.356 e. The van der Waals surface area contributed by atoms with Crippen LogP contribution in [0.5, 0.6) is 5.88 Å². The molecule has 0 atom stereocenters. The van der Waals surface area contributed by atoms with Crippen LogP contribution in [0.2, 0.25) is 0 Å². The maximum absolute atomic E-state index is 10.8. The Kier molecular flexibility index (Phi) is 4.25. The molecule has 1 rings (SSSR count). The summed E-state index contributed by atoms with van der Waals surface area (Å²) < 4.78 is 5.49. The second kappa shape index (κ2) is 5.47. The summed E-state index contributed by atoms with van der Waals surface area (Å²) >= 11 is 0. The fourth-order valence-electron chi connectivity index (χ4n) is 1.11. The van der Waals surface area contributed by atoms with Gasteiger partial charge in [0.15, 0.2) is 11.5 Å². The van der Waals surface area contributed by atoms with Gasteiger partial charge in [0, 0.05) is 14.1 Å². The van der Waals surface area contributed by atoms with Crippen molar-refractivity contribution < 1.29 is 14.6 Å². The van der Waals surface area contributed by atoms with Gasteiger partial charge in [-0.1, -0.05) is 13.8 Å². The van der Waals surface area contributed by atoms with E-state index in [9.17, 15) is 4.79 Å². The topological polar surface area (TPSA) is 75.5 Å². The number of ether oxygens (including phenoxy) is 1. The molecule has 0 aliphatic carbocycles. The molecular formula is C11H17N3O3. The lowest BCUT2D eigenvalue weighted by molar-refractivity contribution is 0.0690. The van der Waals surface area contributed by atoms with Crippen LogP contribution in [0.15, 0.2) is 6.20 Å². The quantitative estimate of drug-likeness (QED) is 0.834. The van der Waals surface area contributed by atoms with E-state index >= 15 is 0 Å². The largest absolute Gasteiger partial charge is 0.476 e. The second-order valence-electron chi connectivity index (χ2n) is 4.29. The number of hydrogen-bond donors (Lipinski definition) is 1. The predicted molar refractivity (Wildman–Crippen MR) is 63.7 cm³/mol. The zero-order valence-corrected chi connectivity index (χ0v) is 10.5. The minimum atomic E-state index is -1.10. The third kappa shape index (κ3) is 3.58. The van der Waals surface area contributed by atoms with Gasteiger partial charge < -0.3 is 14.7 Å². The molecule has 0 saturated heterocycles.